The zero-order valence-electron chi connectivity index (χ0n) is 15.4. The van der Waals surface area contributed by atoms with E-state index < -0.39 is 5.76 Å². The van der Waals surface area contributed by atoms with Gasteiger partial charge in [-0.15, -0.1) is 0 Å². The van der Waals surface area contributed by atoms with Crippen LogP contribution >= 0.6 is 0 Å². The second-order valence-electron chi connectivity index (χ2n) is 6.68. The molecule has 0 atom stereocenters. The number of amides is 1. The summed E-state index contributed by atoms with van der Waals surface area (Å²) < 4.78 is 6.82. The number of aromatic hydroxyl groups is 1. The summed E-state index contributed by atoms with van der Waals surface area (Å²) in [5, 5.41) is 12.6. The molecule has 0 bridgehead atoms. The number of oxazole rings is 1. The molecule has 3 aromatic rings. The number of aryl methyl sites for hydroxylation is 1. The molecule has 0 fully saturated rings. The molecule has 0 spiro atoms. The molecule has 7 heteroatoms. The minimum Gasteiger partial charge on any atom is -0.508 e. The van der Waals surface area contributed by atoms with Crippen LogP contribution < -0.4 is 11.1 Å². The van der Waals surface area contributed by atoms with Crippen molar-refractivity contribution in [3.05, 3.63) is 58.6 Å². The largest absolute Gasteiger partial charge is 0.508 e. The fourth-order valence-corrected chi connectivity index (χ4v) is 2.85. The summed E-state index contributed by atoms with van der Waals surface area (Å²) in [7, 11) is 3.87. The lowest BCUT2D eigenvalue weighted by Crippen LogP contribution is -2.23. The first-order valence-electron chi connectivity index (χ1n) is 8.79. The van der Waals surface area contributed by atoms with E-state index in [1.807, 2.05) is 25.1 Å². The third-order valence-electron chi connectivity index (χ3n) is 4.33. The molecule has 2 N–H and O–H groups in total. The van der Waals surface area contributed by atoms with Gasteiger partial charge in [0.1, 0.15) is 5.75 Å². The van der Waals surface area contributed by atoms with E-state index >= 15 is 0 Å². The van der Waals surface area contributed by atoms with E-state index in [0.717, 1.165) is 5.56 Å². The van der Waals surface area contributed by atoms with Crippen LogP contribution in [0.15, 0.2) is 51.7 Å². The zero-order chi connectivity index (χ0) is 19.4. The van der Waals surface area contributed by atoms with Crippen molar-refractivity contribution in [1.82, 2.24) is 9.47 Å². The number of benzene rings is 2. The maximum absolute atomic E-state index is 12.2. The van der Waals surface area contributed by atoms with Crippen molar-refractivity contribution >= 4 is 22.7 Å². The minimum absolute atomic E-state index is 0.164. The number of phenols is 1. The first kappa shape index (κ1) is 18.7. The van der Waals surface area contributed by atoms with Crippen LogP contribution in [0.25, 0.3) is 11.1 Å². The Labute approximate surface area is 156 Å². The highest BCUT2D eigenvalue weighted by Crippen LogP contribution is 2.20. The monoisotopic (exact) mass is 369 g/mol. The first-order valence-corrected chi connectivity index (χ1v) is 8.79. The summed E-state index contributed by atoms with van der Waals surface area (Å²) in [5.41, 5.74) is 2.48. The number of anilines is 1. The predicted molar refractivity (Wildman–Crippen MR) is 104 cm³/mol. The quantitative estimate of drug-likeness (QED) is 0.668. The van der Waals surface area contributed by atoms with Crippen LogP contribution in [0, 0.1) is 0 Å². The lowest BCUT2D eigenvalue weighted by atomic mass is 10.1. The summed E-state index contributed by atoms with van der Waals surface area (Å²) in [5.74, 6) is -0.381. The molecule has 0 saturated carbocycles. The second-order valence-corrected chi connectivity index (χ2v) is 6.68. The van der Waals surface area contributed by atoms with E-state index in [2.05, 4.69) is 5.32 Å². The Bertz CT molecular complexity index is 1000. The number of fused-ring (bicyclic) bond motifs is 1. The van der Waals surface area contributed by atoms with Gasteiger partial charge in [0.2, 0.25) is 5.91 Å². The van der Waals surface area contributed by atoms with E-state index in [-0.39, 0.29) is 18.1 Å². The molecule has 1 aromatic heterocycles. The Hall–Kier alpha value is -3.06. The van der Waals surface area contributed by atoms with Crippen molar-refractivity contribution in [2.45, 2.75) is 19.4 Å². The third-order valence-corrected chi connectivity index (χ3v) is 4.33. The van der Waals surface area contributed by atoms with Gasteiger partial charge in [-0.1, -0.05) is 18.2 Å². The van der Waals surface area contributed by atoms with Crippen LogP contribution in [0.2, 0.25) is 0 Å². The van der Waals surface area contributed by atoms with Crippen molar-refractivity contribution < 1.29 is 14.3 Å². The van der Waals surface area contributed by atoms with Crippen LogP contribution in [-0.4, -0.2) is 41.1 Å². The number of nitrogens with zero attached hydrogens (tertiary/aromatic N) is 2. The molecule has 3 rings (SSSR count). The molecule has 0 aliphatic carbocycles. The number of hydrogen-bond acceptors (Lipinski definition) is 5. The number of para-hydroxylation sites is 1. The Morgan fingerprint density at radius 1 is 1.22 bits per heavy atom. The summed E-state index contributed by atoms with van der Waals surface area (Å²) in [6.45, 7) is 1.20. The van der Waals surface area contributed by atoms with Crippen LogP contribution in [0.5, 0.6) is 5.75 Å². The molecule has 0 radical (unpaired) electrons. The van der Waals surface area contributed by atoms with E-state index in [0.29, 0.717) is 36.3 Å². The molecule has 0 aliphatic rings. The summed E-state index contributed by atoms with van der Waals surface area (Å²) >= 11 is 0. The fraction of sp³-hybridized carbons (Fsp3) is 0.300. The highest BCUT2D eigenvalue weighted by Gasteiger charge is 2.12. The van der Waals surface area contributed by atoms with Gasteiger partial charge in [-0.3, -0.25) is 9.36 Å². The van der Waals surface area contributed by atoms with Crippen molar-refractivity contribution in [1.29, 1.82) is 0 Å². The van der Waals surface area contributed by atoms with Crippen molar-refractivity contribution in [2.75, 3.05) is 26.0 Å². The number of nitrogens with one attached hydrogen (secondary N) is 1. The van der Waals surface area contributed by atoms with Gasteiger partial charge >= 0.3 is 5.76 Å². The molecule has 27 heavy (non-hydrogen) atoms. The maximum atomic E-state index is 12.2. The van der Waals surface area contributed by atoms with Gasteiger partial charge in [0.05, 0.1) is 5.52 Å². The Morgan fingerprint density at radius 2 is 2.00 bits per heavy atom. The SMILES string of the molecule is CN(C)CCn1c(=O)oc2ccc(NC(=O)CCc3ccccc3O)cc21. The van der Waals surface area contributed by atoms with Crippen molar-refractivity contribution in [2.24, 2.45) is 0 Å². The van der Waals surface area contributed by atoms with Crippen LogP contribution in [0.3, 0.4) is 0 Å². The molecular formula is C20H23N3O4. The standard InChI is InChI=1S/C20H23N3O4/c1-22(2)11-12-23-16-13-15(8-9-18(16)27-20(23)26)21-19(25)10-7-14-5-3-4-6-17(14)24/h3-6,8-9,13,24H,7,10-12H2,1-2H3,(H,21,25). The zero-order valence-corrected chi connectivity index (χ0v) is 15.4. The smallest absolute Gasteiger partial charge is 0.419 e. The fourth-order valence-electron chi connectivity index (χ4n) is 2.85. The van der Waals surface area contributed by atoms with Crippen molar-refractivity contribution in [3.63, 3.8) is 0 Å². The van der Waals surface area contributed by atoms with Crippen molar-refractivity contribution in [3.8, 4) is 5.75 Å². The summed E-state index contributed by atoms with van der Waals surface area (Å²) in [6.07, 6.45) is 0.689. The van der Waals surface area contributed by atoms with Crippen LogP contribution in [0.1, 0.15) is 12.0 Å². The summed E-state index contributed by atoms with van der Waals surface area (Å²) in [4.78, 5) is 26.3. The predicted octanol–water partition coefficient (Wildman–Crippen LogP) is 2.43. The Balaban J connectivity index is 1.71. The van der Waals surface area contributed by atoms with E-state index in [1.54, 1.807) is 41.0 Å². The van der Waals surface area contributed by atoms with E-state index in [9.17, 15) is 14.7 Å². The molecule has 0 aliphatic heterocycles. The van der Waals surface area contributed by atoms with Gasteiger partial charge in [-0.05, 0) is 50.3 Å². The lowest BCUT2D eigenvalue weighted by molar-refractivity contribution is -0.116. The van der Waals surface area contributed by atoms with Gasteiger partial charge in [0, 0.05) is 25.2 Å². The van der Waals surface area contributed by atoms with Gasteiger partial charge in [-0.25, -0.2) is 4.79 Å². The summed E-state index contributed by atoms with van der Waals surface area (Å²) in [6, 6.07) is 12.1. The van der Waals surface area contributed by atoms with Gasteiger partial charge in [0.15, 0.2) is 5.58 Å². The molecule has 142 valence electrons. The number of rotatable bonds is 7. The number of phenolic OH excluding ortho intramolecular Hbond substituents is 1. The van der Waals surface area contributed by atoms with Gasteiger partial charge in [0.25, 0.3) is 0 Å². The number of carbonyl (C=O) groups excluding carboxylic acids is 1. The number of hydrogen-bond donors (Lipinski definition) is 2. The molecule has 0 unspecified atom stereocenters. The van der Waals surface area contributed by atoms with E-state index in [4.69, 9.17) is 4.42 Å². The molecule has 7 nitrogen and oxygen atoms in total. The molecular weight excluding hydrogens is 346 g/mol. The highest BCUT2D eigenvalue weighted by molar-refractivity contribution is 5.93. The average Bonchev–Trinajstić information content (AvgIpc) is 2.94. The maximum Gasteiger partial charge on any atom is 0.419 e. The van der Waals surface area contributed by atoms with Crippen LogP contribution in [-0.2, 0) is 17.8 Å². The number of carbonyl (C=O) groups is 1. The van der Waals surface area contributed by atoms with E-state index in [1.165, 1.54) is 0 Å². The highest BCUT2D eigenvalue weighted by atomic mass is 16.4. The average molecular weight is 369 g/mol. The Morgan fingerprint density at radius 3 is 2.74 bits per heavy atom. The van der Waals surface area contributed by atoms with Gasteiger partial charge < -0.3 is 19.7 Å². The van der Waals surface area contributed by atoms with Crippen LogP contribution in [0.4, 0.5) is 5.69 Å². The normalized spacial score (nSPS) is 11.2. The Kier molecular flexibility index (Phi) is 5.61. The number of likely N-dealkylation sites (N-methyl/N-ethyl adjacent to an activating group) is 1. The topological polar surface area (TPSA) is 87.7 Å². The third kappa shape index (κ3) is 4.57. The lowest BCUT2D eigenvalue weighted by Gasteiger charge is -2.10. The number of aromatic nitrogens is 1. The molecule has 0 saturated heterocycles. The second kappa shape index (κ2) is 8.09. The minimum atomic E-state index is -0.408. The molecule has 1 amide bonds. The first-order chi connectivity index (χ1) is 12.9. The van der Waals surface area contributed by atoms with Gasteiger partial charge in [-0.2, -0.15) is 0 Å². The molecule has 2 aromatic carbocycles. The molecule has 1 heterocycles.